The molecule has 1 unspecified atom stereocenters. The van der Waals surface area contributed by atoms with E-state index < -0.39 is 5.91 Å². The van der Waals surface area contributed by atoms with Crippen LogP contribution in [0, 0.1) is 17.2 Å². The summed E-state index contributed by atoms with van der Waals surface area (Å²) >= 11 is 0. The predicted octanol–water partition coefficient (Wildman–Crippen LogP) is 3.04. The lowest BCUT2D eigenvalue weighted by atomic mass is 9.94. The number of fused-ring (bicyclic) bond motifs is 1. The highest BCUT2D eigenvalue weighted by Gasteiger charge is 2.22. The van der Waals surface area contributed by atoms with Gasteiger partial charge in [-0.2, -0.15) is 5.26 Å². The molecule has 1 aliphatic carbocycles. The first-order valence-corrected chi connectivity index (χ1v) is 8.68. The fourth-order valence-electron chi connectivity index (χ4n) is 3.21. The molecule has 1 heterocycles. The van der Waals surface area contributed by atoms with Gasteiger partial charge in [0, 0.05) is 36.5 Å². The number of hydrogen-bond donors (Lipinski definition) is 2. The maximum atomic E-state index is 11.3. The number of pyridine rings is 1. The van der Waals surface area contributed by atoms with Crippen molar-refractivity contribution in [3.8, 4) is 6.07 Å². The van der Waals surface area contributed by atoms with Gasteiger partial charge in [-0.25, -0.2) is 10.5 Å². The molecule has 0 fully saturated rings. The van der Waals surface area contributed by atoms with Crippen LogP contribution in [-0.4, -0.2) is 30.3 Å². The summed E-state index contributed by atoms with van der Waals surface area (Å²) in [6, 6.07) is 11.6. The van der Waals surface area contributed by atoms with Gasteiger partial charge in [-0.1, -0.05) is 24.3 Å². The van der Waals surface area contributed by atoms with Gasteiger partial charge in [0.25, 0.3) is 5.91 Å². The van der Waals surface area contributed by atoms with Crippen molar-refractivity contribution >= 4 is 22.5 Å². The molecule has 2 N–H and O–H groups in total. The van der Waals surface area contributed by atoms with Crippen LogP contribution in [0.15, 0.2) is 66.1 Å². The molecule has 0 spiro atoms. The lowest BCUT2D eigenvalue weighted by Crippen LogP contribution is -2.22. The maximum Gasteiger partial charge on any atom is 0.267 e. The van der Waals surface area contributed by atoms with Gasteiger partial charge in [-0.15, -0.1) is 0 Å². The summed E-state index contributed by atoms with van der Waals surface area (Å²) in [6.07, 6.45) is 7.36. The van der Waals surface area contributed by atoms with E-state index in [1.54, 1.807) is 24.7 Å². The van der Waals surface area contributed by atoms with E-state index in [4.69, 9.17) is 9.94 Å². The molecule has 142 valence electrons. The van der Waals surface area contributed by atoms with Crippen molar-refractivity contribution in [2.75, 3.05) is 19.1 Å². The van der Waals surface area contributed by atoms with Gasteiger partial charge in [0.2, 0.25) is 0 Å². The average molecular weight is 376 g/mol. The Morgan fingerprint density at radius 3 is 2.93 bits per heavy atom. The number of nitriles is 1. The molecule has 1 aromatic carbocycles. The van der Waals surface area contributed by atoms with E-state index >= 15 is 0 Å². The van der Waals surface area contributed by atoms with Gasteiger partial charge in [0.05, 0.1) is 18.3 Å². The third-order valence-electron chi connectivity index (χ3n) is 4.66. The number of rotatable bonds is 5. The molecule has 0 radical (unpaired) electrons. The van der Waals surface area contributed by atoms with Crippen molar-refractivity contribution in [3.05, 3.63) is 71.8 Å². The number of anilines is 1. The molecule has 0 aliphatic heterocycles. The zero-order chi connectivity index (χ0) is 20.1. The summed E-state index contributed by atoms with van der Waals surface area (Å²) in [7, 11) is 3.51. The number of allylic oxidation sites excluding steroid dienone is 4. The molecular formula is C21H20N4O3. The lowest BCUT2D eigenvalue weighted by Gasteiger charge is -2.29. The summed E-state index contributed by atoms with van der Waals surface area (Å²) in [5.41, 5.74) is 4.54. The fraction of sp³-hybridized carbons (Fsp3) is 0.190. The number of hydroxylamine groups is 1. The lowest BCUT2D eigenvalue weighted by molar-refractivity contribution is -0.124. The van der Waals surface area contributed by atoms with E-state index in [0.717, 1.165) is 28.0 Å². The second kappa shape index (κ2) is 8.37. The molecule has 7 nitrogen and oxygen atoms in total. The Labute approximate surface area is 162 Å². The third-order valence-corrected chi connectivity index (χ3v) is 4.66. The molecule has 1 amide bonds. The van der Waals surface area contributed by atoms with Crippen LogP contribution in [0.25, 0.3) is 10.9 Å². The molecule has 0 saturated heterocycles. The topological polar surface area (TPSA) is 98.5 Å². The number of ether oxygens (including phenoxy) is 1. The number of benzene rings is 1. The molecule has 1 aliphatic rings. The highest BCUT2D eigenvalue weighted by Crippen LogP contribution is 2.34. The van der Waals surface area contributed by atoms with Crippen molar-refractivity contribution in [3.63, 3.8) is 0 Å². The Bertz CT molecular complexity index is 1030. The summed E-state index contributed by atoms with van der Waals surface area (Å²) in [6.45, 7) is 0. The van der Waals surface area contributed by atoms with Gasteiger partial charge < -0.3 is 9.64 Å². The van der Waals surface area contributed by atoms with Crippen LogP contribution in [0.5, 0.6) is 0 Å². The first-order chi connectivity index (χ1) is 13.6. The standard InChI is InChI=1S/C21H20N4O3/c1-25(19-12-15(13-22)23-18-6-4-3-5-17(18)19)16-8-9-20(28-2)14(11-16)7-10-21(26)24-27/h3-10,12,14,27H,11H2,1-2H3,(H,24,26)/b10-7+. The fourth-order valence-corrected chi connectivity index (χ4v) is 3.21. The minimum absolute atomic E-state index is 0.159. The first kappa shape index (κ1) is 19.1. The van der Waals surface area contributed by atoms with Crippen molar-refractivity contribution in [2.45, 2.75) is 6.42 Å². The molecule has 3 rings (SSSR count). The van der Waals surface area contributed by atoms with E-state index in [1.807, 2.05) is 48.4 Å². The molecule has 7 heteroatoms. The molecule has 28 heavy (non-hydrogen) atoms. The van der Waals surface area contributed by atoms with Gasteiger partial charge in [-0.3, -0.25) is 10.0 Å². The summed E-state index contributed by atoms with van der Waals surface area (Å²) < 4.78 is 5.41. The largest absolute Gasteiger partial charge is 0.500 e. The van der Waals surface area contributed by atoms with Gasteiger partial charge >= 0.3 is 0 Å². The number of methoxy groups -OCH3 is 1. The quantitative estimate of drug-likeness (QED) is 0.473. The number of nitrogens with one attached hydrogen (secondary N) is 1. The minimum Gasteiger partial charge on any atom is -0.500 e. The molecule has 2 aromatic rings. The summed E-state index contributed by atoms with van der Waals surface area (Å²) in [5.74, 6) is -0.0385. The van der Waals surface area contributed by atoms with Crippen LogP contribution in [0.2, 0.25) is 0 Å². The van der Waals surface area contributed by atoms with Crippen molar-refractivity contribution in [1.82, 2.24) is 10.5 Å². The number of para-hydroxylation sites is 1. The van der Waals surface area contributed by atoms with E-state index in [-0.39, 0.29) is 5.92 Å². The zero-order valence-corrected chi connectivity index (χ0v) is 15.6. The Morgan fingerprint density at radius 1 is 1.43 bits per heavy atom. The Kier molecular flexibility index (Phi) is 5.72. The normalized spacial score (nSPS) is 16.3. The Balaban J connectivity index is 1.98. The SMILES string of the molecule is COC1=CC=C(N(C)c2cc(C#N)nc3ccccc23)CC1/C=C/C(=O)NO. The predicted molar refractivity (Wildman–Crippen MR) is 105 cm³/mol. The number of carbonyl (C=O) groups is 1. The van der Waals surface area contributed by atoms with Crippen molar-refractivity contribution in [1.29, 1.82) is 5.26 Å². The van der Waals surface area contributed by atoms with Crippen LogP contribution < -0.4 is 10.4 Å². The smallest absolute Gasteiger partial charge is 0.267 e. The molecule has 0 saturated carbocycles. The number of amides is 1. The number of carbonyl (C=O) groups excluding carboxylic acids is 1. The van der Waals surface area contributed by atoms with Crippen molar-refractivity contribution in [2.24, 2.45) is 5.92 Å². The third kappa shape index (κ3) is 3.87. The number of hydrogen-bond acceptors (Lipinski definition) is 6. The highest BCUT2D eigenvalue weighted by atomic mass is 16.5. The van der Waals surface area contributed by atoms with Gasteiger partial charge in [0.15, 0.2) is 0 Å². The van der Waals surface area contributed by atoms with E-state index in [1.165, 1.54) is 6.08 Å². The van der Waals surface area contributed by atoms with Gasteiger partial charge in [-0.05, 0) is 24.3 Å². The molecule has 0 bridgehead atoms. The van der Waals surface area contributed by atoms with E-state index in [0.29, 0.717) is 12.1 Å². The average Bonchev–Trinajstić information content (AvgIpc) is 2.75. The van der Waals surface area contributed by atoms with Crippen LogP contribution >= 0.6 is 0 Å². The van der Waals surface area contributed by atoms with E-state index in [2.05, 4.69) is 11.1 Å². The molecule has 1 atom stereocenters. The maximum absolute atomic E-state index is 11.3. The van der Waals surface area contributed by atoms with Crippen molar-refractivity contribution < 1.29 is 14.7 Å². The first-order valence-electron chi connectivity index (χ1n) is 8.68. The number of nitrogens with zero attached hydrogens (tertiary/aromatic N) is 3. The molecular weight excluding hydrogens is 356 g/mol. The Hall–Kier alpha value is -3.63. The van der Waals surface area contributed by atoms with Gasteiger partial charge in [0.1, 0.15) is 17.5 Å². The molecule has 1 aromatic heterocycles. The summed E-state index contributed by atoms with van der Waals surface area (Å²) in [5, 5.41) is 18.9. The van der Waals surface area contributed by atoms with Crippen LogP contribution in [-0.2, 0) is 9.53 Å². The zero-order valence-electron chi connectivity index (χ0n) is 15.6. The minimum atomic E-state index is -0.598. The number of aromatic nitrogens is 1. The second-order valence-electron chi connectivity index (χ2n) is 6.29. The van der Waals surface area contributed by atoms with Crippen LogP contribution in [0.3, 0.4) is 0 Å². The van der Waals surface area contributed by atoms with Crippen LogP contribution in [0.4, 0.5) is 5.69 Å². The summed E-state index contributed by atoms with van der Waals surface area (Å²) in [4.78, 5) is 17.7. The highest BCUT2D eigenvalue weighted by molar-refractivity contribution is 5.93. The van der Waals surface area contributed by atoms with E-state index in [9.17, 15) is 10.1 Å². The monoisotopic (exact) mass is 376 g/mol. The van der Waals surface area contributed by atoms with Crippen LogP contribution in [0.1, 0.15) is 12.1 Å². The second-order valence-corrected chi connectivity index (χ2v) is 6.29. The Morgan fingerprint density at radius 2 is 2.21 bits per heavy atom.